The Morgan fingerprint density at radius 2 is 2.36 bits per heavy atom. The lowest BCUT2D eigenvalue weighted by molar-refractivity contribution is 0.237. The molecule has 0 saturated carbocycles. The van der Waals surface area contributed by atoms with E-state index in [-0.39, 0.29) is 12.6 Å². The van der Waals surface area contributed by atoms with E-state index >= 15 is 0 Å². The van der Waals surface area contributed by atoms with E-state index in [4.69, 9.17) is 5.11 Å². The van der Waals surface area contributed by atoms with Crippen LogP contribution < -0.4 is 5.32 Å². The Balaban J connectivity index is 2.44. The molecule has 1 heterocycles. The number of aliphatic hydroxyl groups excluding tert-OH is 1. The van der Waals surface area contributed by atoms with Crippen LogP contribution in [0.5, 0.6) is 0 Å². The molecule has 1 aromatic rings. The van der Waals surface area contributed by atoms with Gasteiger partial charge in [-0.05, 0) is 13.3 Å². The summed E-state index contributed by atoms with van der Waals surface area (Å²) < 4.78 is 2.09. The molecule has 0 radical (unpaired) electrons. The maximum atomic E-state index is 8.99. The zero-order valence-corrected chi connectivity index (χ0v) is 8.90. The molecule has 1 atom stereocenters. The minimum Gasteiger partial charge on any atom is -0.395 e. The molecule has 14 heavy (non-hydrogen) atoms. The minimum atomic E-state index is 0.178. The Bertz CT molecular complexity index is 256. The maximum Gasteiger partial charge on any atom is 0.122 e. The van der Waals surface area contributed by atoms with Crippen LogP contribution >= 0.6 is 0 Å². The highest BCUT2D eigenvalue weighted by molar-refractivity contribution is 4.92. The number of imidazole rings is 1. The summed E-state index contributed by atoms with van der Waals surface area (Å²) in [5.74, 6) is 1.03. The van der Waals surface area contributed by atoms with Crippen molar-refractivity contribution in [3.8, 4) is 0 Å². The number of hydrogen-bond donors (Lipinski definition) is 2. The summed E-state index contributed by atoms with van der Waals surface area (Å²) in [6.45, 7) is 5.99. The Hall–Kier alpha value is -0.870. The normalized spacial score (nSPS) is 13.1. The Morgan fingerprint density at radius 3 is 2.93 bits per heavy atom. The monoisotopic (exact) mass is 197 g/mol. The molecule has 80 valence electrons. The van der Waals surface area contributed by atoms with Crippen LogP contribution in [0.2, 0.25) is 0 Å². The summed E-state index contributed by atoms with van der Waals surface area (Å²) in [4.78, 5) is 4.25. The molecule has 0 aliphatic heterocycles. The SMILES string of the molecule is CC[C@@H](CO)NCc1nccn1CC. The number of aromatic nitrogens is 2. The van der Waals surface area contributed by atoms with Gasteiger partial charge in [0.15, 0.2) is 0 Å². The predicted molar refractivity (Wildman–Crippen MR) is 55.9 cm³/mol. The van der Waals surface area contributed by atoms with E-state index in [0.717, 1.165) is 25.3 Å². The number of hydrogen-bond acceptors (Lipinski definition) is 3. The van der Waals surface area contributed by atoms with Crippen LogP contribution in [-0.4, -0.2) is 27.3 Å². The zero-order valence-electron chi connectivity index (χ0n) is 8.90. The molecule has 0 aliphatic rings. The lowest BCUT2D eigenvalue weighted by atomic mass is 10.2. The van der Waals surface area contributed by atoms with Gasteiger partial charge < -0.3 is 15.0 Å². The molecule has 1 aromatic heterocycles. The largest absolute Gasteiger partial charge is 0.395 e. The van der Waals surface area contributed by atoms with Gasteiger partial charge in [-0.1, -0.05) is 6.92 Å². The molecule has 0 unspecified atom stereocenters. The average molecular weight is 197 g/mol. The number of rotatable bonds is 6. The van der Waals surface area contributed by atoms with Crippen LogP contribution in [0.3, 0.4) is 0 Å². The quantitative estimate of drug-likeness (QED) is 0.708. The van der Waals surface area contributed by atoms with Crippen molar-refractivity contribution >= 4 is 0 Å². The third-order valence-corrected chi connectivity index (χ3v) is 2.40. The number of aliphatic hydroxyl groups is 1. The molecule has 0 bridgehead atoms. The van der Waals surface area contributed by atoms with Gasteiger partial charge in [0.05, 0.1) is 13.2 Å². The van der Waals surface area contributed by atoms with Crippen molar-refractivity contribution in [1.82, 2.24) is 14.9 Å². The van der Waals surface area contributed by atoms with Gasteiger partial charge in [-0.3, -0.25) is 0 Å². The van der Waals surface area contributed by atoms with Gasteiger partial charge in [-0.15, -0.1) is 0 Å². The first-order valence-electron chi connectivity index (χ1n) is 5.16. The fourth-order valence-electron chi connectivity index (χ4n) is 1.37. The molecule has 0 spiro atoms. The van der Waals surface area contributed by atoms with E-state index < -0.39 is 0 Å². The van der Waals surface area contributed by atoms with Crippen molar-refractivity contribution in [2.24, 2.45) is 0 Å². The summed E-state index contributed by atoms with van der Waals surface area (Å²) >= 11 is 0. The lowest BCUT2D eigenvalue weighted by Crippen LogP contribution is -2.32. The second-order valence-electron chi connectivity index (χ2n) is 3.30. The summed E-state index contributed by atoms with van der Waals surface area (Å²) in [5, 5.41) is 12.3. The van der Waals surface area contributed by atoms with E-state index in [9.17, 15) is 0 Å². The van der Waals surface area contributed by atoms with Crippen molar-refractivity contribution in [3.05, 3.63) is 18.2 Å². The predicted octanol–water partition coefficient (Wildman–Crippen LogP) is 0.763. The van der Waals surface area contributed by atoms with E-state index in [1.807, 2.05) is 6.20 Å². The van der Waals surface area contributed by atoms with Crippen LogP contribution in [0.4, 0.5) is 0 Å². The van der Waals surface area contributed by atoms with Crippen LogP contribution in [-0.2, 0) is 13.1 Å². The molecule has 1 rings (SSSR count). The van der Waals surface area contributed by atoms with Crippen molar-refractivity contribution in [2.75, 3.05) is 6.61 Å². The molecule has 0 aromatic carbocycles. The molecule has 0 fully saturated rings. The highest BCUT2D eigenvalue weighted by atomic mass is 16.3. The lowest BCUT2D eigenvalue weighted by Gasteiger charge is -2.13. The molecule has 4 nitrogen and oxygen atoms in total. The van der Waals surface area contributed by atoms with Crippen molar-refractivity contribution in [3.63, 3.8) is 0 Å². The molecular weight excluding hydrogens is 178 g/mol. The van der Waals surface area contributed by atoms with Gasteiger partial charge >= 0.3 is 0 Å². The van der Waals surface area contributed by atoms with Crippen LogP contribution in [0.15, 0.2) is 12.4 Å². The third-order valence-electron chi connectivity index (χ3n) is 2.40. The molecular formula is C10H19N3O. The fraction of sp³-hybridized carbons (Fsp3) is 0.700. The fourth-order valence-corrected chi connectivity index (χ4v) is 1.37. The molecule has 2 N–H and O–H groups in total. The first kappa shape index (κ1) is 11.2. The van der Waals surface area contributed by atoms with Crippen molar-refractivity contribution < 1.29 is 5.11 Å². The second kappa shape index (κ2) is 5.78. The van der Waals surface area contributed by atoms with E-state index in [1.165, 1.54) is 0 Å². The van der Waals surface area contributed by atoms with E-state index in [1.54, 1.807) is 6.20 Å². The first-order valence-corrected chi connectivity index (χ1v) is 5.16. The van der Waals surface area contributed by atoms with Gasteiger partial charge in [0.1, 0.15) is 5.82 Å². The van der Waals surface area contributed by atoms with Crippen LogP contribution in [0.25, 0.3) is 0 Å². The third kappa shape index (κ3) is 2.82. The Morgan fingerprint density at radius 1 is 1.57 bits per heavy atom. The van der Waals surface area contributed by atoms with Gasteiger partial charge in [0.25, 0.3) is 0 Å². The summed E-state index contributed by atoms with van der Waals surface area (Å²) in [5.41, 5.74) is 0. The van der Waals surface area contributed by atoms with Gasteiger partial charge in [0, 0.05) is 25.0 Å². The topological polar surface area (TPSA) is 50.1 Å². The first-order chi connectivity index (χ1) is 6.81. The van der Waals surface area contributed by atoms with Crippen molar-refractivity contribution in [1.29, 1.82) is 0 Å². The molecule has 4 heteroatoms. The molecule has 0 aliphatic carbocycles. The summed E-state index contributed by atoms with van der Waals surface area (Å²) in [6, 6.07) is 0.178. The van der Waals surface area contributed by atoms with Gasteiger partial charge in [0.2, 0.25) is 0 Å². The van der Waals surface area contributed by atoms with Crippen molar-refractivity contribution in [2.45, 2.75) is 39.4 Å². The zero-order chi connectivity index (χ0) is 10.4. The maximum absolute atomic E-state index is 8.99. The summed E-state index contributed by atoms with van der Waals surface area (Å²) in [7, 11) is 0. The van der Waals surface area contributed by atoms with Crippen LogP contribution in [0.1, 0.15) is 26.1 Å². The second-order valence-corrected chi connectivity index (χ2v) is 3.30. The number of nitrogens with one attached hydrogen (secondary N) is 1. The number of aryl methyl sites for hydroxylation is 1. The van der Waals surface area contributed by atoms with Gasteiger partial charge in [-0.25, -0.2) is 4.98 Å². The number of nitrogens with zero attached hydrogens (tertiary/aromatic N) is 2. The molecule has 0 amide bonds. The Labute approximate surface area is 85.0 Å². The standard InChI is InChI=1S/C10H19N3O/c1-3-9(8-14)12-7-10-11-5-6-13(10)4-2/h5-6,9,12,14H,3-4,7-8H2,1-2H3/t9-/m0/s1. The highest BCUT2D eigenvalue weighted by Gasteiger charge is 2.05. The minimum absolute atomic E-state index is 0.178. The van der Waals surface area contributed by atoms with Gasteiger partial charge in [-0.2, -0.15) is 0 Å². The Kier molecular flexibility index (Phi) is 4.62. The summed E-state index contributed by atoms with van der Waals surface area (Å²) in [6.07, 6.45) is 4.71. The highest BCUT2D eigenvalue weighted by Crippen LogP contribution is 1.98. The average Bonchev–Trinajstić information content (AvgIpc) is 2.67. The van der Waals surface area contributed by atoms with E-state index in [0.29, 0.717) is 0 Å². The molecule has 0 saturated heterocycles. The van der Waals surface area contributed by atoms with Crippen LogP contribution in [0, 0.1) is 0 Å². The van der Waals surface area contributed by atoms with E-state index in [2.05, 4.69) is 28.7 Å². The smallest absolute Gasteiger partial charge is 0.122 e.